The van der Waals surface area contributed by atoms with E-state index in [1.807, 2.05) is 0 Å². The largest absolute Gasteiger partial charge is 0.468 e. The molecule has 1 amide bonds. The third-order valence-corrected chi connectivity index (χ3v) is 3.41. The lowest BCUT2D eigenvalue weighted by molar-refractivity contribution is -0.145. The van der Waals surface area contributed by atoms with E-state index in [-0.39, 0.29) is 11.5 Å². The molecule has 0 radical (unpaired) electrons. The first-order valence-corrected chi connectivity index (χ1v) is 4.69. The summed E-state index contributed by atoms with van der Waals surface area (Å²) in [7, 11) is 2.65. The van der Waals surface area contributed by atoms with Crippen LogP contribution in [0, 0.1) is 5.41 Å². The average Bonchev–Trinajstić information content (AvgIpc) is 2.82. The molecule has 0 aromatic rings. The lowest BCUT2D eigenvalue weighted by Crippen LogP contribution is -2.58. The smallest absolute Gasteiger partial charge is 0.409 e. The molecular weight excluding hydrogens is 200 g/mol. The normalized spacial score (nSPS) is 30.7. The topological polar surface area (TPSA) is 81.9 Å². The summed E-state index contributed by atoms with van der Waals surface area (Å²) in [5.74, 6) is -0.396. The fraction of sp³-hybridized carbons (Fsp3) is 0.778. The van der Waals surface area contributed by atoms with Crippen LogP contribution in [0.3, 0.4) is 0 Å². The summed E-state index contributed by atoms with van der Waals surface area (Å²) in [6, 6.07) is 0. The first-order chi connectivity index (χ1) is 6.99. The van der Waals surface area contributed by atoms with Crippen LogP contribution in [0.2, 0.25) is 0 Å². The lowest BCUT2D eigenvalue weighted by Gasteiger charge is -2.40. The number of methoxy groups -OCH3 is 2. The molecule has 6 nitrogen and oxygen atoms in total. The number of ether oxygens (including phenoxy) is 2. The zero-order valence-corrected chi connectivity index (χ0v) is 8.78. The maximum atomic E-state index is 11.4. The second-order valence-electron chi connectivity index (χ2n) is 4.25. The molecule has 2 fully saturated rings. The van der Waals surface area contributed by atoms with E-state index >= 15 is 0 Å². The third-order valence-electron chi connectivity index (χ3n) is 3.41. The Morgan fingerprint density at radius 2 is 1.87 bits per heavy atom. The second-order valence-corrected chi connectivity index (χ2v) is 4.25. The van der Waals surface area contributed by atoms with Gasteiger partial charge in [0, 0.05) is 18.5 Å². The molecule has 1 heterocycles. The zero-order chi connectivity index (χ0) is 11.3. The number of carbonyl (C=O) groups excluding carboxylic acids is 2. The Labute approximate surface area is 87.3 Å². The maximum absolute atomic E-state index is 11.4. The number of nitrogens with two attached hydrogens (primary N) is 1. The Kier molecular flexibility index (Phi) is 1.94. The highest BCUT2D eigenvalue weighted by Crippen LogP contribution is 2.60. The Morgan fingerprint density at radius 1 is 1.27 bits per heavy atom. The molecule has 84 valence electrons. The highest BCUT2D eigenvalue weighted by Gasteiger charge is 2.76. The van der Waals surface area contributed by atoms with Crippen LogP contribution in [-0.2, 0) is 14.3 Å². The number of esters is 1. The molecule has 0 aromatic heterocycles. The van der Waals surface area contributed by atoms with Crippen molar-refractivity contribution in [1.29, 1.82) is 0 Å². The first kappa shape index (κ1) is 10.2. The first-order valence-electron chi connectivity index (χ1n) is 4.69. The Balaban J connectivity index is 1.96. The highest BCUT2D eigenvalue weighted by molar-refractivity contribution is 5.87. The van der Waals surface area contributed by atoms with Crippen LogP contribution in [0.1, 0.15) is 6.42 Å². The molecular formula is C9H14N2O4. The minimum absolute atomic E-state index is 0.270. The zero-order valence-electron chi connectivity index (χ0n) is 8.78. The number of amides is 1. The monoisotopic (exact) mass is 214 g/mol. The van der Waals surface area contributed by atoms with Gasteiger partial charge in [-0.2, -0.15) is 0 Å². The van der Waals surface area contributed by atoms with Gasteiger partial charge in [-0.3, -0.25) is 4.79 Å². The van der Waals surface area contributed by atoms with Crippen molar-refractivity contribution in [2.75, 3.05) is 27.3 Å². The minimum Gasteiger partial charge on any atom is -0.468 e. The van der Waals surface area contributed by atoms with Crippen LogP contribution < -0.4 is 5.73 Å². The number of nitrogens with zero attached hydrogens (tertiary/aromatic N) is 1. The average molecular weight is 214 g/mol. The molecule has 1 spiro atoms. The Morgan fingerprint density at radius 3 is 2.33 bits per heavy atom. The van der Waals surface area contributed by atoms with Crippen LogP contribution in [-0.4, -0.2) is 49.8 Å². The summed E-state index contributed by atoms with van der Waals surface area (Å²) in [6.45, 7) is 0.955. The number of rotatable bonds is 1. The molecule has 15 heavy (non-hydrogen) atoms. The van der Waals surface area contributed by atoms with Gasteiger partial charge < -0.3 is 20.1 Å². The second kappa shape index (κ2) is 2.85. The van der Waals surface area contributed by atoms with Gasteiger partial charge >= 0.3 is 12.1 Å². The van der Waals surface area contributed by atoms with E-state index in [0.717, 1.165) is 0 Å². The minimum atomic E-state index is -0.897. The SMILES string of the molecule is COC(=O)N1CC2(C1)CC2(N)C(=O)OC. The number of hydrogen-bond acceptors (Lipinski definition) is 5. The van der Waals surface area contributed by atoms with E-state index in [0.29, 0.717) is 19.5 Å². The van der Waals surface area contributed by atoms with Crippen molar-refractivity contribution in [2.45, 2.75) is 12.0 Å². The molecule has 0 aromatic carbocycles. The fourth-order valence-electron chi connectivity index (χ4n) is 2.30. The Bertz CT molecular complexity index is 324. The van der Waals surface area contributed by atoms with Crippen LogP contribution in [0.15, 0.2) is 0 Å². The van der Waals surface area contributed by atoms with Crippen molar-refractivity contribution >= 4 is 12.1 Å². The van der Waals surface area contributed by atoms with Gasteiger partial charge in [0.25, 0.3) is 0 Å². The van der Waals surface area contributed by atoms with Crippen LogP contribution in [0.4, 0.5) is 4.79 Å². The molecule has 1 unspecified atom stereocenters. The van der Waals surface area contributed by atoms with Crippen molar-refractivity contribution < 1.29 is 19.1 Å². The van der Waals surface area contributed by atoms with Crippen LogP contribution in [0.5, 0.6) is 0 Å². The molecule has 1 aliphatic heterocycles. The van der Waals surface area contributed by atoms with Crippen LogP contribution in [0.25, 0.3) is 0 Å². The van der Waals surface area contributed by atoms with Gasteiger partial charge in [-0.25, -0.2) is 4.79 Å². The number of hydrogen-bond donors (Lipinski definition) is 1. The summed E-state index contributed by atoms with van der Waals surface area (Å²) in [5.41, 5.74) is 4.73. The summed E-state index contributed by atoms with van der Waals surface area (Å²) in [6.07, 6.45) is 0.208. The van der Waals surface area contributed by atoms with Gasteiger partial charge in [0.1, 0.15) is 5.54 Å². The van der Waals surface area contributed by atoms with Gasteiger partial charge in [0.2, 0.25) is 0 Å². The van der Waals surface area contributed by atoms with Crippen LogP contribution >= 0.6 is 0 Å². The molecule has 1 atom stereocenters. The molecule has 2 aliphatic rings. The highest BCUT2D eigenvalue weighted by atomic mass is 16.5. The van der Waals surface area contributed by atoms with Gasteiger partial charge in [-0.05, 0) is 6.42 Å². The van der Waals surface area contributed by atoms with E-state index in [1.54, 1.807) is 0 Å². The molecule has 2 N–H and O–H groups in total. The van der Waals surface area contributed by atoms with Crippen molar-refractivity contribution in [3.8, 4) is 0 Å². The van der Waals surface area contributed by atoms with E-state index in [4.69, 9.17) is 5.73 Å². The van der Waals surface area contributed by atoms with E-state index in [9.17, 15) is 9.59 Å². The van der Waals surface area contributed by atoms with Crippen molar-refractivity contribution in [3.63, 3.8) is 0 Å². The standard InChI is InChI=1S/C9H14N2O4/c1-14-6(12)9(10)3-8(9)4-11(5-8)7(13)15-2/h3-5,10H2,1-2H3. The van der Waals surface area contributed by atoms with E-state index in [1.165, 1.54) is 19.1 Å². The van der Waals surface area contributed by atoms with Gasteiger partial charge in [0.15, 0.2) is 0 Å². The van der Waals surface area contributed by atoms with E-state index < -0.39 is 11.5 Å². The van der Waals surface area contributed by atoms with Crippen molar-refractivity contribution in [1.82, 2.24) is 4.90 Å². The quantitative estimate of drug-likeness (QED) is 0.585. The predicted molar refractivity (Wildman–Crippen MR) is 50.0 cm³/mol. The Hall–Kier alpha value is -1.30. The summed E-state index contributed by atoms with van der Waals surface area (Å²) in [4.78, 5) is 24.0. The third kappa shape index (κ3) is 1.14. The van der Waals surface area contributed by atoms with Gasteiger partial charge in [-0.15, -0.1) is 0 Å². The van der Waals surface area contributed by atoms with Crippen molar-refractivity contribution in [2.24, 2.45) is 11.1 Å². The molecule has 0 bridgehead atoms. The number of carbonyl (C=O) groups is 2. The molecule has 1 saturated carbocycles. The molecule has 6 heteroatoms. The van der Waals surface area contributed by atoms with E-state index in [2.05, 4.69) is 9.47 Å². The summed E-state index contributed by atoms with van der Waals surface area (Å²) >= 11 is 0. The lowest BCUT2D eigenvalue weighted by atomic mass is 9.91. The molecule has 1 saturated heterocycles. The summed E-state index contributed by atoms with van der Waals surface area (Å²) < 4.78 is 9.19. The predicted octanol–water partition coefficient (Wildman–Crippen LogP) is -0.671. The maximum Gasteiger partial charge on any atom is 0.409 e. The van der Waals surface area contributed by atoms with Gasteiger partial charge in [0.05, 0.1) is 14.2 Å². The fourth-order valence-corrected chi connectivity index (χ4v) is 2.30. The number of likely N-dealkylation sites (tertiary alicyclic amines) is 1. The summed E-state index contributed by atoms with van der Waals surface area (Å²) in [5, 5.41) is 0. The van der Waals surface area contributed by atoms with Crippen molar-refractivity contribution in [3.05, 3.63) is 0 Å². The van der Waals surface area contributed by atoms with Gasteiger partial charge in [-0.1, -0.05) is 0 Å². The molecule has 2 rings (SSSR count). The molecule has 1 aliphatic carbocycles.